The van der Waals surface area contributed by atoms with Gasteiger partial charge in [-0.1, -0.05) is 17.7 Å². The molecule has 16 heavy (non-hydrogen) atoms. The second-order valence-corrected chi connectivity index (χ2v) is 4.32. The van der Waals surface area contributed by atoms with Gasteiger partial charge in [0, 0.05) is 25.2 Å². The molecular formula is C13H20N2O. The Morgan fingerprint density at radius 2 is 2.06 bits per heavy atom. The molecule has 1 aromatic rings. The average Bonchev–Trinajstić information content (AvgIpc) is 2.26. The lowest BCUT2D eigenvalue weighted by Gasteiger charge is -2.24. The summed E-state index contributed by atoms with van der Waals surface area (Å²) < 4.78 is 0. The number of likely N-dealkylation sites (N-methyl/N-ethyl adjacent to an activating group) is 1. The molecule has 1 rings (SSSR count). The van der Waals surface area contributed by atoms with Crippen LogP contribution in [0.2, 0.25) is 0 Å². The molecule has 1 unspecified atom stereocenters. The number of aryl methyl sites for hydroxylation is 2. The summed E-state index contributed by atoms with van der Waals surface area (Å²) in [6, 6.07) is 5.93. The molecule has 0 saturated heterocycles. The van der Waals surface area contributed by atoms with Crippen LogP contribution in [0.25, 0.3) is 0 Å². The standard InChI is InChI=1S/C13H20N2O/c1-9-5-6-12(10(2)7-9)13(16)15(4)11(3)8-14/h5-7,11H,8,14H2,1-4H3. The highest BCUT2D eigenvalue weighted by atomic mass is 16.2. The van der Waals surface area contributed by atoms with Crippen molar-refractivity contribution >= 4 is 5.91 Å². The topological polar surface area (TPSA) is 46.3 Å². The first-order chi connectivity index (χ1) is 7.47. The second kappa shape index (κ2) is 5.12. The van der Waals surface area contributed by atoms with Crippen molar-refractivity contribution in [2.24, 2.45) is 5.73 Å². The third kappa shape index (κ3) is 2.61. The minimum Gasteiger partial charge on any atom is -0.338 e. The van der Waals surface area contributed by atoms with Gasteiger partial charge < -0.3 is 10.6 Å². The summed E-state index contributed by atoms with van der Waals surface area (Å²) in [5.74, 6) is 0.0375. The third-order valence-electron chi connectivity index (χ3n) is 2.93. The van der Waals surface area contributed by atoms with Gasteiger partial charge in [-0.15, -0.1) is 0 Å². The normalized spacial score (nSPS) is 12.3. The zero-order valence-corrected chi connectivity index (χ0v) is 10.4. The maximum Gasteiger partial charge on any atom is 0.254 e. The van der Waals surface area contributed by atoms with E-state index in [2.05, 4.69) is 0 Å². The predicted octanol–water partition coefficient (Wildman–Crippen LogP) is 1.72. The number of rotatable bonds is 3. The van der Waals surface area contributed by atoms with Crippen molar-refractivity contribution in [3.8, 4) is 0 Å². The van der Waals surface area contributed by atoms with Crippen LogP contribution in [0, 0.1) is 13.8 Å². The van der Waals surface area contributed by atoms with Crippen molar-refractivity contribution in [3.05, 3.63) is 34.9 Å². The van der Waals surface area contributed by atoms with Crippen LogP contribution in [-0.4, -0.2) is 30.4 Å². The molecule has 0 saturated carbocycles. The van der Waals surface area contributed by atoms with Crippen molar-refractivity contribution in [3.63, 3.8) is 0 Å². The van der Waals surface area contributed by atoms with Crippen LogP contribution in [0.3, 0.4) is 0 Å². The Balaban J connectivity index is 2.96. The summed E-state index contributed by atoms with van der Waals surface area (Å²) >= 11 is 0. The zero-order chi connectivity index (χ0) is 12.3. The van der Waals surface area contributed by atoms with Crippen LogP contribution in [-0.2, 0) is 0 Å². The lowest BCUT2D eigenvalue weighted by Crippen LogP contribution is -2.39. The van der Waals surface area contributed by atoms with E-state index in [0.29, 0.717) is 6.54 Å². The molecule has 1 aromatic carbocycles. The average molecular weight is 220 g/mol. The van der Waals surface area contributed by atoms with Gasteiger partial charge in [-0.3, -0.25) is 4.79 Å². The number of hydrogen-bond donors (Lipinski definition) is 1. The van der Waals surface area contributed by atoms with Crippen LogP contribution in [0.1, 0.15) is 28.4 Å². The van der Waals surface area contributed by atoms with Gasteiger partial charge in [-0.05, 0) is 32.4 Å². The van der Waals surface area contributed by atoms with E-state index in [1.807, 2.05) is 39.0 Å². The Labute approximate surface area is 97.2 Å². The molecule has 1 amide bonds. The minimum atomic E-state index is 0.0375. The summed E-state index contributed by atoms with van der Waals surface area (Å²) in [6.07, 6.45) is 0. The maximum absolute atomic E-state index is 12.1. The van der Waals surface area contributed by atoms with E-state index in [0.717, 1.165) is 11.1 Å². The van der Waals surface area contributed by atoms with E-state index < -0.39 is 0 Å². The fraction of sp³-hybridized carbons (Fsp3) is 0.462. The monoisotopic (exact) mass is 220 g/mol. The highest BCUT2D eigenvalue weighted by Crippen LogP contribution is 2.13. The molecule has 3 heteroatoms. The van der Waals surface area contributed by atoms with Gasteiger partial charge in [0.2, 0.25) is 0 Å². The molecule has 0 bridgehead atoms. The maximum atomic E-state index is 12.1. The van der Waals surface area contributed by atoms with Crippen LogP contribution < -0.4 is 5.73 Å². The number of hydrogen-bond acceptors (Lipinski definition) is 2. The number of carbonyl (C=O) groups excluding carboxylic acids is 1. The van der Waals surface area contributed by atoms with Gasteiger partial charge >= 0.3 is 0 Å². The van der Waals surface area contributed by atoms with E-state index in [9.17, 15) is 4.79 Å². The van der Waals surface area contributed by atoms with Gasteiger partial charge in [0.25, 0.3) is 5.91 Å². The van der Waals surface area contributed by atoms with Crippen LogP contribution in [0.15, 0.2) is 18.2 Å². The Morgan fingerprint density at radius 3 is 2.56 bits per heavy atom. The van der Waals surface area contributed by atoms with E-state index in [4.69, 9.17) is 5.73 Å². The molecule has 0 radical (unpaired) electrons. The Kier molecular flexibility index (Phi) is 4.07. The predicted molar refractivity (Wildman–Crippen MR) is 66.5 cm³/mol. The third-order valence-corrected chi connectivity index (χ3v) is 2.93. The lowest BCUT2D eigenvalue weighted by atomic mass is 10.0. The number of amides is 1. The van der Waals surface area contributed by atoms with E-state index in [1.54, 1.807) is 11.9 Å². The van der Waals surface area contributed by atoms with Crippen molar-refractivity contribution in [1.29, 1.82) is 0 Å². The summed E-state index contributed by atoms with van der Waals surface area (Å²) in [4.78, 5) is 13.8. The molecule has 0 heterocycles. The molecule has 0 aromatic heterocycles. The Bertz CT molecular complexity index is 388. The summed E-state index contributed by atoms with van der Waals surface area (Å²) in [5, 5.41) is 0. The number of carbonyl (C=O) groups is 1. The van der Waals surface area contributed by atoms with Gasteiger partial charge in [-0.2, -0.15) is 0 Å². The van der Waals surface area contributed by atoms with Crippen LogP contribution in [0.5, 0.6) is 0 Å². The van der Waals surface area contributed by atoms with E-state index >= 15 is 0 Å². The van der Waals surface area contributed by atoms with Gasteiger partial charge in [0.05, 0.1) is 0 Å². The molecule has 1 atom stereocenters. The fourth-order valence-corrected chi connectivity index (χ4v) is 1.60. The molecule has 2 N–H and O–H groups in total. The van der Waals surface area contributed by atoms with Crippen molar-refractivity contribution < 1.29 is 4.79 Å². The Morgan fingerprint density at radius 1 is 1.44 bits per heavy atom. The first kappa shape index (κ1) is 12.7. The number of nitrogens with two attached hydrogens (primary N) is 1. The number of benzene rings is 1. The molecule has 0 aliphatic rings. The molecule has 0 aliphatic carbocycles. The van der Waals surface area contributed by atoms with Crippen LogP contribution >= 0.6 is 0 Å². The van der Waals surface area contributed by atoms with Gasteiger partial charge in [0.15, 0.2) is 0 Å². The molecular weight excluding hydrogens is 200 g/mol. The SMILES string of the molecule is Cc1ccc(C(=O)N(C)C(C)CN)c(C)c1. The highest BCUT2D eigenvalue weighted by molar-refractivity contribution is 5.95. The second-order valence-electron chi connectivity index (χ2n) is 4.32. The molecule has 0 fully saturated rings. The van der Waals surface area contributed by atoms with Gasteiger partial charge in [-0.25, -0.2) is 0 Å². The van der Waals surface area contributed by atoms with Crippen LogP contribution in [0.4, 0.5) is 0 Å². The van der Waals surface area contributed by atoms with Crippen molar-refractivity contribution in [1.82, 2.24) is 4.90 Å². The largest absolute Gasteiger partial charge is 0.338 e. The highest BCUT2D eigenvalue weighted by Gasteiger charge is 2.17. The first-order valence-electron chi connectivity index (χ1n) is 5.52. The zero-order valence-electron chi connectivity index (χ0n) is 10.4. The molecule has 88 valence electrons. The van der Waals surface area contributed by atoms with E-state index in [-0.39, 0.29) is 11.9 Å². The fourth-order valence-electron chi connectivity index (χ4n) is 1.60. The van der Waals surface area contributed by atoms with E-state index in [1.165, 1.54) is 5.56 Å². The number of nitrogens with zero attached hydrogens (tertiary/aromatic N) is 1. The lowest BCUT2D eigenvalue weighted by molar-refractivity contribution is 0.0747. The van der Waals surface area contributed by atoms with Gasteiger partial charge in [0.1, 0.15) is 0 Å². The minimum absolute atomic E-state index is 0.0375. The first-order valence-corrected chi connectivity index (χ1v) is 5.52. The van der Waals surface area contributed by atoms with Crippen molar-refractivity contribution in [2.45, 2.75) is 26.8 Å². The smallest absolute Gasteiger partial charge is 0.254 e. The summed E-state index contributed by atoms with van der Waals surface area (Å²) in [6.45, 7) is 6.41. The Hall–Kier alpha value is -1.35. The molecule has 0 aliphatic heterocycles. The van der Waals surface area contributed by atoms with Crippen molar-refractivity contribution in [2.75, 3.05) is 13.6 Å². The molecule has 0 spiro atoms. The quantitative estimate of drug-likeness (QED) is 0.843. The summed E-state index contributed by atoms with van der Waals surface area (Å²) in [5.41, 5.74) is 8.50. The molecule has 3 nitrogen and oxygen atoms in total. The summed E-state index contributed by atoms with van der Waals surface area (Å²) in [7, 11) is 1.79.